The van der Waals surface area contributed by atoms with Crippen LogP contribution in [0.15, 0.2) is 52.3 Å². The van der Waals surface area contributed by atoms with E-state index in [-0.39, 0.29) is 34.4 Å². The number of aryl methyl sites for hydroxylation is 2. The van der Waals surface area contributed by atoms with Crippen LogP contribution in [0.1, 0.15) is 11.1 Å². The second-order valence-corrected chi connectivity index (χ2v) is 8.89. The fraction of sp³-hybridized carbons (Fsp3) is 0.200. The van der Waals surface area contributed by atoms with E-state index < -0.39 is 27.2 Å². The maximum Gasteiger partial charge on any atom is 0.292 e. The molecule has 0 amide bonds. The zero-order valence-electron chi connectivity index (χ0n) is 16.6. The SMILES string of the molecule is Cc1ccc(C)c(S(=O)(=O)NCCNc2cnn(-c3ccc(F)cc3F)c(=O)c2Cl)c1. The number of nitrogens with zero attached hydrogens (tertiary/aromatic N) is 2. The second-order valence-electron chi connectivity index (χ2n) is 6.78. The van der Waals surface area contributed by atoms with E-state index in [9.17, 15) is 22.0 Å². The highest BCUT2D eigenvalue weighted by Crippen LogP contribution is 2.19. The van der Waals surface area contributed by atoms with E-state index in [2.05, 4.69) is 15.1 Å². The van der Waals surface area contributed by atoms with Crippen molar-refractivity contribution in [2.24, 2.45) is 0 Å². The van der Waals surface area contributed by atoms with E-state index in [1.165, 1.54) is 6.20 Å². The van der Waals surface area contributed by atoms with Crippen molar-refractivity contribution in [2.45, 2.75) is 18.7 Å². The molecule has 0 bridgehead atoms. The highest BCUT2D eigenvalue weighted by atomic mass is 35.5. The van der Waals surface area contributed by atoms with Crippen LogP contribution in [-0.4, -0.2) is 31.3 Å². The number of rotatable bonds is 7. The van der Waals surface area contributed by atoms with Crippen molar-refractivity contribution < 1.29 is 17.2 Å². The van der Waals surface area contributed by atoms with E-state index in [1.807, 2.05) is 6.07 Å². The van der Waals surface area contributed by atoms with Crippen molar-refractivity contribution in [3.63, 3.8) is 0 Å². The summed E-state index contributed by atoms with van der Waals surface area (Å²) >= 11 is 6.06. The Labute approximate surface area is 182 Å². The van der Waals surface area contributed by atoms with Crippen LogP contribution < -0.4 is 15.6 Å². The number of anilines is 1. The Morgan fingerprint density at radius 1 is 1.10 bits per heavy atom. The lowest BCUT2D eigenvalue weighted by molar-refractivity contribution is 0.570. The number of hydrogen-bond acceptors (Lipinski definition) is 5. The molecule has 1 heterocycles. The normalized spacial score (nSPS) is 11.5. The summed E-state index contributed by atoms with van der Waals surface area (Å²) in [6, 6.07) is 7.84. The molecule has 0 aliphatic rings. The molecule has 0 fully saturated rings. The van der Waals surface area contributed by atoms with E-state index in [1.54, 1.807) is 26.0 Å². The Kier molecular flexibility index (Phi) is 6.73. The number of hydrogen-bond donors (Lipinski definition) is 2. The first kappa shape index (κ1) is 22.9. The summed E-state index contributed by atoms with van der Waals surface area (Å²) in [7, 11) is -3.71. The van der Waals surface area contributed by atoms with E-state index in [4.69, 9.17) is 11.6 Å². The van der Waals surface area contributed by atoms with Crippen LogP contribution >= 0.6 is 11.6 Å². The van der Waals surface area contributed by atoms with Crippen LogP contribution in [0.5, 0.6) is 0 Å². The second kappa shape index (κ2) is 9.13. The van der Waals surface area contributed by atoms with Gasteiger partial charge in [-0.05, 0) is 43.2 Å². The zero-order valence-corrected chi connectivity index (χ0v) is 18.2. The Balaban J connectivity index is 1.69. The lowest BCUT2D eigenvalue weighted by Gasteiger charge is -2.12. The van der Waals surface area contributed by atoms with Gasteiger partial charge in [0.1, 0.15) is 16.5 Å². The van der Waals surface area contributed by atoms with Gasteiger partial charge >= 0.3 is 0 Å². The van der Waals surface area contributed by atoms with Gasteiger partial charge in [-0.3, -0.25) is 4.79 Å². The number of nitrogens with one attached hydrogen (secondary N) is 2. The third-order valence-corrected chi connectivity index (χ3v) is 6.39. The van der Waals surface area contributed by atoms with E-state index in [0.29, 0.717) is 16.3 Å². The van der Waals surface area contributed by atoms with Gasteiger partial charge in [0.2, 0.25) is 10.0 Å². The molecular formula is C20H19ClF2N4O3S. The maximum absolute atomic E-state index is 13.9. The number of sulfonamides is 1. The van der Waals surface area contributed by atoms with Gasteiger partial charge in [-0.1, -0.05) is 23.7 Å². The van der Waals surface area contributed by atoms with Crippen LogP contribution in [-0.2, 0) is 10.0 Å². The summed E-state index contributed by atoms with van der Waals surface area (Å²) in [5.41, 5.74) is 0.528. The molecule has 11 heteroatoms. The highest BCUT2D eigenvalue weighted by molar-refractivity contribution is 7.89. The molecule has 3 aromatic rings. The molecule has 7 nitrogen and oxygen atoms in total. The molecule has 0 aliphatic carbocycles. The maximum atomic E-state index is 13.9. The number of benzene rings is 2. The van der Waals surface area contributed by atoms with Crippen molar-refractivity contribution in [1.29, 1.82) is 0 Å². The Bertz CT molecular complexity index is 1300. The van der Waals surface area contributed by atoms with Crippen LogP contribution in [0.3, 0.4) is 0 Å². The Morgan fingerprint density at radius 3 is 2.55 bits per heavy atom. The molecule has 0 saturated heterocycles. The summed E-state index contributed by atoms with van der Waals surface area (Å²) < 4.78 is 55.2. The first-order valence-electron chi connectivity index (χ1n) is 9.14. The van der Waals surface area contributed by atoms with Crippen LogP contribution in [0.25, 0.3) is 5.69 Å². The predicted octanol–water partition coefficient (Wildman–Crippen LogP) is 3.17. The van der Waals surface area contributed by atoms with Crippen LogP contribution in [0, 0.1) is 25.5 Å². The minimum absolute atomic E-state index is 0.0156. The molecule has 0 saturated carbocycles. The van der Waals surface area contributed by atoms with Gasteiger partial charge in [0.05, 0.1) is 16.8 Å². The molecule has 2 aromatic carbocycles. The first-order chi connectivity index (χ1) is 14.6. The summed E-state index contributed by atoms with van der Waals surface area (Å²) in [5.74, 6) is -1.76. The monoisotopic (exact) mass is 468 g/mol. The lowest BCUT2D eigenvalue weighted by Crippen LogP contribution is -2.30. The number of halogens is 3. The average molecular weight is 469 g/mol. The topological polar surface area (TPSA) is 93.1 Å². The zero-order chi connectivity index (χ0) is 22.8. The van der Waals surface area contributed by atoms with E-state index >= 15 is 0 Å². The molecule has 0 aliphatic heterocycles. The average Bonchev–Trinajstić information content (AvgIpc) is 2.71. The summed E-state index contributed by atoms with van der Waals surface area (Å²) in [5, 5.41) is 6.40. The van der Waals surface area contributed by atoms with E-state index in [0.717, 1.165) is 17.7 Å². The van der Waals surface area contributed by atoms with Gasteiger partial charge in [0.15, 0.2) is 5.82 Å². The predicted molar refractivity (Wildman–Crippen MR) is 114 cm³/mol. The molecule has 3 rings (SSSR count). The van der Waals surface area contributed by atoms with Crippen molar-refractivity contribution >= 4 is 27.3 Å². The minimum Gasteiger partial charge on any atom is -0.381 e. The molecule has 0 radical (unpaired) electrons. The van der Waals surface area contributed by atoms with Crippen molar-refractivity contribution in [2.75, 3.05) is 18.4 Å². The van der Waals surface area contributed by atoms with Crippen molar-refractivity contribution in [3.05, 3.63) is 80.7 Å². The molecule has 1 aromatic heterocycles. The van der Waals surface area contributed by atoms with Gasteiger partial charge in [-0.2, -0.15) is 9.78 Å². The molecular weight excluding hydrogens is 450 g/mol. The Hall–Kier alpha value is -2.82. The van der Waals surface area contributed by atoms with Gasteiger partial charge in [0, 0.05) is 19.2 Å². The first-order valence-corrected chi connectivity index (χ1v) is 11.0. The molecule has 0 atom stereocenters. The molecule has 0 unspecified atom stereocenters. The van der Waals surface area contributed by atoms with Gasteiger partial charge in [-0.15, -0.1) is 0 Å². The Morgan fingerprint density at radius 2 is 1.84 bits per heavy atom. The third-order valence-electron chi connectivity index (χ3n) is 4.42. The quantitative estimate of drug-likeness (QED) is 0.519. The molecule has 31 heavy (non-hydrogen) atoms. The highest BCUT2D eigenvalue weighted by Gasteiger charge is 2.17. The van der Waals surface area contributed by atoms with Crippen molar-refractivity contribution in [3.8, 4) is 5.69 Å². The van der Waals surface area contributed by atoms with Gasteiger partial charge in [0.25, 0.3) is 5.56 Å². The third kappa shape index (κ3) is 5.09. The summed E-state index contributed by atoms with van der Waals surface area (Å²) in [6.07, 6.45) is 1.20. The fourth-order valence-electron chi connectivity index (χ4n) is 2.84. The minimum atomic E-state index is -3.71. The summed E-state index contributed by atoms with van der Waals surface area (Å²) in [6.45, 7) is 3.63. The van der Waals surface area contributed by atoms with Crippen LogP contribution in [0.4, 0.5) is 14.5 Å². The molecule has 164 valence electrons. The summed E-state index contributed by atoms with van der Waals surface area (Å²) in [4.78, 5) is 12.6. The largest absolute Gasteiger partial charge is 0.381 e. The molecule has 2 N–H and O–H groups in total. The number of aromatic nitrogens is 2. The standard InChI is InChI=1S/C20H19ClF2N4O3S/c1-12-3-4-13(2)18(9-12)31(29,30)26-8-7-24-16-11-25-27(20(28)19(16)21)17-6-5-14(22)10-15(17)23/h3-6,9-11,24,26H,7-8H2,1-2H3. The van der Waals surface area contributed by atoms with Gasteiger partial charge in [-0.25, -0.2) is 21.9 Å². The van der Waals surface area contributed by atoms with Gasteiger partial charge < -0.3 is 5.32 Å². The van der Waals surface area contributed by atoms with Crippen LogP contribution in [0.2, 0.25) is 5.02 Å². The lowest BCUT2D eigenvalue weighted by atomic mass is 10.2. The van der Waals surface area contributed by atoms with Crippen molar-refractivity contribution in [1.82, 2.24) is 14.5 Å². The fourth-order valence-corrected chi connectivity index (χ4v) is 4.39. The molecule has 0 spiro atoms. The smallest absolute Gasteiger partial charge is 0.292 e.